The lowest BCUT2D eigenvalue weighted by Crippen LogP contribution is -2.25. The molecule has 0 aliphatic carbocycles. The van der Waals surface area contributed by atoms with Gasteiger partial charge >= 0.3 is 0 Å². The van der Waals surface area contributed by atoms with Crippen molar-refractivity contribution in [2.24, 2.45) is 0 Å². The van der Waals surface area contributed by atoms with Crippen LogP contribution in [0.1, 0.15) is 12.5 Å². The van der Waals surface area contributed by atoms with Crippen molar-refractivity contribution in [3.05, 3.63) is 29.3 Å². The van der Waals surface area contributed by atoms with E-state index < -0.39 is 29.8 Å². The van der Waals surface area contributed by atoms with Crippen molar-refractivity contribution in [3.63, 3.8) is 0 Å². The zero-order valence-electron chi connectivity index (χ0n) is 8.32. The number of hydrogen-bond donors (Lipinski definition) is 1. The number of anilines is 1. The number of benzene rings is 1. The Hall–Kier alpha value is -1.26. The maximum atomic E-state index is 13.3. The third-order valence-electron chi connectivity index (χ3n) is 2.03. The Morgan fingerprint density at radius 3 is 2.33 bits per heavy atom. The monoisotopic (exact) mass is 221 g/mol. The summed E-state index contributed by atoms with van der Waals surface area (Å²) in [5.41, 5.74) is -0.289. The summed E-state index contributed by atoms with van der Waals surface area (Å²) in [6.45, 7) is 2.60. The summed E-state index contributed by atoms with van der Waals surface area (Å²) >= 11 is 0. The molecule has 0 fully saturated rings. The van der Waals surface area contributed by atoms with E-state index in [4.69, 9.17) is 0 Å². The molecule has 0 amide bonds. The summed E-state index contributed by atoms with van der Waals surface area (Å²) in [7, 11) is 0. The molecule has 5 heteroatoms. The first kappa shape index (κ1) is 11.8. The van der Waals surface area contributed by atoms with Crippen molar-refractivity contribution in [2.75, 3.05) is 5.32 Å². The Morgan fingerprint density at radius 1 is 1.20 bits per heavy atom. The minimum Gasteiger partial charge on any atom is -0.372 e. The first-order valence-electron chi connectivity index (χ1n) is 4.42. The summed E-state index contributed by atoms with van der Waals surface area (Å²) in [5.74, 6) is -1.70. The molecule has 0 bridgehead atoms. The minimum atomic E-state index is -2.68. The standard InChI is InChI=1S/C10H11F4N/c1-5-3-4-7(11)9(8(5)12)15-6(2)10(13)14/h3-4,6,10,15H,1-2H3. The van der Waals surface area contributed by atoms with Crippen LogP contribution in [-0.2, 0) is 0 Å². The number of hydrogen-bond acceptors (Lipinski definition) is 1. The zero-order chi connectivity index (χ0) is 11.6. The summed E-state index contributed by atoms with van der Waals surface area (Å²) in [5, 5.41) is 2.12. The van der Waals surface area contributed by atoms with Crippen molar-refractivity contribution < 1.29 is 17.6 Å². The SMILES string of the molecule is Cc1ccc(F)c(NC(C)C(F)F)c1F. The molecular formula is C10H11F4N. The quantitative estimate of drug-likeness (QED) is 0.772. The molecule has 0 aromatic heterocycles. The Labute approximate surface area is 85.1 Å². The van der Waals surface area contributed by atoms with Crippen LogP contribution < -0.4 is 5.32 Å². The number of halogens is 4. The van der Waals surface area contributed by atoms with E-state index in [1.54, 1.807) is 0 Å². The normalized spacial score (nSPS) is 13.0. The fourth-order valence-electron chi connectivity index (χ4n) is 1.08. The fraction of sp³-hybridized carbons (Fsp3) is 0.400. The van der Waals surface area contributed by atoms with Crippen LogP contribution in [0.4, 0.5) is 23.2 Å². The topological polar surface area (TPSA) is 12.0 Å². The first-order chi connectivity index (χ1) is 6.93. The molecule has 1 nitrogen and oxygen atoms in total. The van der Waals surface area contributed by atoms with Gasteiger partial charge in [0.25, 0.3) is 6.43 Å². The van der Waals surface area contributed by atoms with Crippen molar-refractivity contribution in [1.29, 1.82) is 0 Å². The molecule has 0 spiro atoms. The lowest BCUT2D eigenvalue weighted by molar-refractivity contribution is 0.130. The van der Waals surface area contributed by atoms with Gasteiger partial charge in [-0.05, 0) is 25.5 Å². The van der Waals surface area contributed by atoms with Crippen LogP contribution in [0.15, 0.2) is 12.1 Å². The van der Waals surface area contributed by atoms with Crippen LogP contribution in [0, 0.1) is 18.6 Å². The van der Waals surface area contributed by atoms with Gasteiger partial charge in [0.2, 0.25) is 0 Å². The fourth-order valence-corrected chi connectivity index (χ4v) is 1.08. The Balaban J connectivity index is 2.98. The minimum absolute atomic E-state index is 0.209. The summed E-state index contributed by atoms with van der Waals surface area (Å²) < 4.78 is 50.8. The molecule has 0 aliphatic heterocycles. The lowest BCUT2D eigenvalue weighted by atomic mass is 10.2. The molecule has 1 unspecified atom stereocenters. The van der Waals surface area contributed by atoms with Crippen molar-refractivity contribution >= 4 is 5.69 Å². The third-order valence-corrected chi connectivity index (χ3v) is 2.03. The number of aryl methyl sites for hydroxylation is 1. The van der Waals surface area contributed by atoms with E-state index in [2.05, 4.69) is 5.32 Å². The lowest BCUT2D eigenvalue weighted by Gasteiger charge is -2.16. The van der Waals surface area contributed by atoms with Crippen LogP contribution in [0.2, 0.25) is 0 Å². The number of alkyl halides is 2. The van der Waals surface area contributed by atoms with Gasteiger partial charge in [0.1, 0.15) is 11.5 Å². The third kappa shape index (κ3) is 2.61. The van der Waals surface area contributed by atoms with Crippen molar-refractivity contribution in [1.82, 2.24) is 0 Å². The summed E-state index contributed by atoms with van der Waals surface area (Å²) in [6.07, 6.45) is -2.68. The van der Waals surface area contributed by atoms with Gasteiger partial charge in [-0.1, -0.05) is 6.07 Å². The molecule has 0 saturated heterocycles. The predicted molar refractivity (Wildman–Crippen MR) is 50.2 cm³/mol. The van der Waals surface area contributed by atoms with E-state index in [9.17, 15) is 17.6 Å². The van der Waals surface area contributed by atoms with E-state index in [1.807, 2.05) is 0 Å². The number of rotatable bonds is 3. The largest absolute Gasteiger partial charge is 0.372 e. The van der Waals surface area contributed by atoms with E-state index >= 15 is 0 Å². The molecule has 1 atom stereocenters. The van der Waals surface area contributed by atoms with Gasteiger partial charge in [0, 0.05) is 0 Å². The second kappa shape index (κ2) is 4.51. The smallest absolute Gasteiger partial charge is 0.258 e. The Bertz CT molecular complexity index is 352. The number of nitrogens with one attached hydrogen (secondary N) is 1. The molecule has 1 aromatic carbocycles. The highest BCUT2D eigenvalue weighted by Crippen LogP contribution is 2.23. The van der Waals surface area contributed by atoms with Crippen LogP contribution in [0.3, 0.4) is 0 Å². The Kier molecular flexibility index (Phi) is 3.55. The zero-order valence-corrected chi connectivity index (χ0v) is 8.32. The van der Waals surface area contributed by atoms with E-state index in [-0.39, 0.29) is 5.56 Å². The molecule has 0 aliphatic rings. The summed E-state index contributed by atoms with van der Waals surface area (Å²) in [6, 6.07) is 0.998. The molecule has 1 rings (SSSR count). The molecule has 0 heterocycles. The molecule has 1 N–H and O–H groups in total. The first-order valence-corrected chi connectivity index (χ1v) is 4.42. The molecule has 84 valence electrons. The molecule has 0 saturated carbocycles. The molecular weight excluding hydrogens is 210 g/mol. The average molecular weight is 221 g/mol. The second-order valence-electron chi connectivity index (χ2n) is 3.32. The molecule has 0 radical (unpaired) electrons. The van der Waals surface area contributed by atoms with Gasteiger partial charge in [-0.25, -0.2) is 17.6 Å². The highest BCUT2D eigenvalue weighted by Gasteiger charge is 2.19. The maximum Gasteiger partial charge on any atom is 0.258 e. The predicted octanol–water partition coefficient (Wildman–Crippen LogP) is 3.34. The highest BCUT2D eigenvalue weighted by atomic mass is 19.3. The van der Waals surface area contributed by atoms with Crippen LogP contribution in [-0.4, -0.2) is 12.5 Å². The summed E-state index contributed by atoms with van der Waals surface area (Å²) in [4.78, 5) is 0. The van der Waals surface area contributed by atoms with E-state index in [1.165, 1.54) is 13.0 Å². The van der Waals surface area contributed by atoms with E-state index in [0.717, 1.165) is 13.0 Å². The van der Waals surface area contributed by atoms with Crippen molar-refractivity contribution in [2.45, 2.75) is 26.3 Å². The second-order valence-corrected chi connectivity index (χ2v) is 3.32. The van der Waals surface area contributed by atoms with Gasteiger partial charge in [-0.3, -0.25) is 0 Å². The van der Waals surface area contributed by atoms with Crippen LogP contribution in [0.5, 0.6) is 0 Å². The average Bonchev–Trinajstić information content (AvgIpc) is 2.18. The Morgan fingerprint density at radius 2 is 1.80 bits per heavy atom. The van der Waals surface area contributed by atoms with Gasteiger partial charge in [-0.15, -0.1) is 0 Å². The van der Waals surface area contributed by atoms with Gasteiger partial charge in [-0.2, -0.15) is 0 Å². The maximum absolute atomic E-state index is 13.3. The van der Waals surface area contributed by atoms with E-state index in [0.29, 0.717) is 0 Å². The van der Waals surface area contributed by atoms with Gasteiger partial charge < -0.3 is 5.32 Å². The van der Waals surface area contributed by atoms with Crippen LogP contribution >= 0.6 is 0 Å². The highest BCUT2D eigenvalue weighted by molar-refractivity contribution is 5.49. The van der Waals surface area contributed by atoms with Crippen molar-refractivity contribution in [3.8, 4) is 0 Å². The molecule has 15 heavy (non-hydrogen) atoms. The van der Waals surface area contributed by atoms with Crippen LogP contribution in [0.25, 0.3) is 0 Å². The van der Waals surface area contributed by atoms with Gasteiger partial charge in [0.05, 0.1) is 6.04 Å². The van der Waals surface area contributed by atoms with Gasteiger partial charge in [0.15, 0.2) is 5.82 Å². The molecule has 1 aromatic rings.